The highest BCUT2D eigenvalue weighted by Crippen LogP contribution is 2.32. The molecule has 0 radical (unpaired) electrons. The van der Waals surface area contributed by atoms with Crippen LogP contribution in [0.25, 0.3) is 0 Å². The topological polar surface area (TPSA) is 20.2 Å². The Morgan fingerprint density at radius 3 is 2.35 bits per heavy atom. The van der Waals surface area contributed by atoms with Crippen LogP contribution in [0.4, 0.5) is 0 Å². The largest absolute Gasteiger partial charge is 0.392 e. The molecule has 0 saturated heterocycles. The van der Waals surface area contributed by atoms with Crippen LogP contribution < -0.4 is 0 Å². The van der Waals surface area contributed by atoms with Crippen LogP contribution in [0, 0.1) is 0 Å². The number of hydrogen-bond donors (Lipinski definition) is 1. The Morgan fingerprint density at radius 1 is 1.12 bits per heavy atom. The van der Waals surface area contributed by atoms with Gasteiger partial charge in [-0.05, 0) is 36.3 Å². The molecular formula is C15H21ClO. The fraction of sp³-hybridized carbons (Fsp3) is 0.600. The van der Waals surface area contributed by atoms with Gasteiger partial charge in [0, 0.05) is 5.88 Å². The molecule has 0 amide bonds. The fourth-order valence-electron chi connectivity index (χ4n) is 2.69. The number of rotatable bonds is 4. The second kappa shape index (κ2) is 6.42. The van der Waals surface area contributed by atoms with Crippen molar-refractivity contribution < 1.29 is 5.11 Å². The zero-order valence-corrected chi connectivity index (χ0v) is 11.0. The van der Waals surface area contributed by atoms with Gasteiger partial charge in [-0.3, -0.25) is 0 Å². The zero-order chi connectivity index (χ0) is 12.1. The van der Waals surface area contributed by atoms with Crippen LogP contribution in [0.15, 0.2) is 24.3 Å². The summed E-state index contributed by atoms with van der Waals surface area (Å²) in [5.74, 6) is 1.07. The highest BCUT2D eigenvalue weighted by molar-refractivity contribution is 6.18. The Kier molecular flexibility index (Phi) is 4.87. The lowest BCUT2D eigenvalue weighted by Gasteiger charge is -2.22. The third kappa shape index (κ3) is 3.72. The van der Waals surface area contributed by atoms with Gasteiger partial charge in [0.25, 0.3) is 0 Å². The molecule has 94 valence electrons. The molecule has 1 nitrogen and oxygen atoms in total. The molecule has 1 aliphatic carbocycles. The van der Waals surface area contributed by atoms with Crippen molar-refractivity contribution in [1.29, 1.82) is 0 Å². The molecule has 1 atom stereocenters. The maximum absolute atomic E-state index is 9.50. The van der Waals surface area contributed by atoms with Gasteiger partial charge in [0.15, 0.2) is 0 Å². The van der Waals surface area contributed by atoms with Gasteiger partial charge in [-0.2, -0.15) is 0 Å². The van der Waals surface area contributed by atoms with Gasteiger partial charge in [0.1, 0.15) is 0 Å². The highest BCUT2D eigenvalue weighted by atomic mass is 35.5. The molecule has 0 heterocycles. The first-order valence-electron chi connectivity index (χ1n) is 6.62. The van der Waals surface area contributed by atoms with Crippen molar-refractivity contribution in [2.45, 2.75) is 50.5 Å². The van der Waals surface area contributed by atoms with Crippen LogP contribution in [-0.2, 0) is 6.42 Å². The fourth-order valence-corrected chi connectivity index (χ4v) is 2.80. The van der Waals surface area contributed by atoms with E-state index in [-0.39, 0.29) is 0 Å². The molecule has 0 unspecified atom stereocenters. The van der Waals surface area contributed by atoms with Crippen molar-refractivity contribution in [2.75, 3.05) is 5.88 Å². The van der Waals surface area contributed by atoms with Crippen molar-refractivity contribution in [3.05, 3.63) is 35.4 Å². The summed E-state index contributed by atoms with van der Waals surface area (Å²) >= 11 is 5.60. The van der Waals surface area contributed by atoms with Crippen molar-refractivity contribution >= 4 is 11.6 Å². The van der Waals surface area contributed by atoms with Gasteiger partial charge in [0.2, 0.25) is 0 Å². The van der Waals surface area contributed by atoms with Crippen molar-refractivity contribution in [3.63, 3.8) is 0 Å². The third-order valence-electron chi connectivity index (χ3n) is 3.71. The summed E-state index contributed by atoms with van der Waals surface area (Å²) in [6.45, 7) is 0. The smallest absolute Gasteiger partial charge is 0.0715 e. The Labute approximate surface area is 109 Å². The molecule has 1 saturated carbocycles. The van der Waals surface area contributed by atoms with Crippen molar-refractivity contribution in [1.82, 2.24) is 0 Å². The molecular weight excluding hydrogens is 232 g/mol. The number of benzene rings is 1. The van der Waals surface area contributed by atoms with Gasteiger partial charge < -0.3 is 5.11 Å². The van der Waals surface area contributed by atoms with E-state index in [0.717, 1.165) is 5.92 Å². The number of hydrogen-bond acceptors (Lipinski definition) is 1. The molecule has 2 heteroatoms. The zero-order valence-electron chi connectivity index (χ0n) is 10.2. The molecule has 1 aromatic carbocycles. The third-order valence-corrected chi connectivity index (χ3v) is 4.06. The first kappa shape index (κ1) is 12.9. The summed E-state index contributed by atoms with van der Waals surface area (Å²) in [5, 5.41) is 9.50. The lowest BCUT2D eigenvalue weighted by molar-refractivity contribution is 0.199. The Hall–Kier alpha value is -0.530. The summed E-state index contributed by atoms with van der Waals surface area (Å²) in [5.41, 5.74) is 2.64. The van der Waals surface area contributed by atoms with E-state index in [2.05, 4.69) is 24.3 Å². The minimum atomic E-state index is -0.419. The van der Waals surface area contributed by atoms with Crippen LogP contribution in [0.2, 0.25) is 0 Å². The van der Waals surface area contributed by atoms with E-state index < -0.39 is 6.10 Å². The van der Waals surface area contributed by atoms with E-state index in [0.29, 0.717) is 12.3 Å². The van der Waals surface area contributed by atoms with Crippen molar-refractivity contribution in [3.8, 4) is 0 Å². The first-order valence-corrected chi connectivity index (χ1v) is 7.16. The summed E-state index contributed by atoms with van der Waals surface area (Å²) in [4.78, 5) is 0. The molecule has 1 aromatic rings. The van der Waals surface area contributed by atoms with Gasteiger partial charge >= 0.3 is 0 Å². The summed E-state index contributed by atoms with van der Waals surface area (Å²) in [7, 11) is 0. The number of aliphatic hydroxyl groups excluding tert-OH is 1. The van der Waals surface area contributed by atoms with Crippen LogP contribution >= 0.6 is 11.6 Å². The minimum absolute atomic E-state index is 0.310. The van der Waals surface area contributed by atoms with Gasteiger partial charge in [0.05, 0.1) is 6.10 Å². The molecule has 2 rings (SSSR count). The van der Waals surface area contributed by atoms with Crippen LogP contribution in [0.3, 0.4) is 0 Å². The first-order chi connectivity index (χ1) is 8.29. The number of alkyl halides is 1. The normalized spacial score (nSPS) is 19.2. The predicted molar refractivity (Wildman–Crippen MR) is 72.7 cm³/mol. The van der Waals surface area contributed by atoms with E-state index in [1.54, 1.807) is 0 Å². The van der Waals surface area contributed by atoms with Gasteiger partial charge in [-0.15, -0.1) is 11.6 Å². The van der Waals surface area contributed by atoms with Gasteiger partial charge in [-0.25, -0.2) is 0 Å². The average Bonchev–Trinajstić information content (AvgIpc) is 2.40. The van der Waals surface area contributed by atoms with E-state index in [1.807, 2.05) is 0 Å². The molecule has 0 bridgehead atoms. The number of halogens is 1. The summed E-state index contributed by atoms with van der Waals surface area (Å²) in [6, 6.07) is 8.73. The number of aliphatic hydroxyl groups is 1. The molecule has 1 fully saturated rings. The van der Waals surface area contributed by atoms with E-state index in [4.69, 9.17) is 11.6 Å². The molecule has 1 N–H and O–H groups in total. The Bertz CT molecular complexity index is 327. The standard InChI is InChI=1S/C15H21ClO/c16-11-15(17)10-12-6-8-14(9-7-12)13-4-2-1-3-5-13/h6-9,13,15,17H,1-5,10-11H2/t15-/m0/s1. The molecule has 0 aliphatic heterocycles. The quantitative estimate of drug-likeness (QED) is 0.807. The monoisotopic (exact) mass is 252 g/mol. The molecule has 0 spiro atoms. The lowest BCUT2D eigenvalue weighted by Crippen LogP contribution is -2.12. The van der Waals surface area contributed by atoms with Crippen LogP contribution in [0.1, 0.15) is 49.1 Å². The molecule has 0 aromatic heterocycles. The van der Waals surface area contributed by atoms with E-state index in [9.17, 15) is 5.11 Å². The average molecular weight is 253 g/mol. The second-order valence-corrected chi connectivity index (χ2v) is 5.40. The predicted octanol–water partition coefficient (Wildman–Crippen LogP) is 3.88. The maximum Gasteiger partial charge on any atom is 0.0715 e. The van der Waals surface area contributed by atoms with Crippen molar-refractivity contribution in [2.24, 2.45) is 0 Å². The van der Waals surface area contributed by atoms with Gasteiger partial charge in [-0.1, -0.05) is 43.5 Å². The summed E-state index contributed by atoms with van der Waals surface area (Å²) < 4.78 is 0. The molecule has 1 aliphatic rings. The van der Waals surface area contributed by atoms with E-state index in [1.165, 1.54) is 43.2 Å². The lowest BCUT2D eigenvalue weighted by atomic mass is 9.84. The summed E-state index contributed by atoms with van der Waals surface area (Å²) in [6.07, 6.45) is 7.06. The second-order valence-electron chi connectivity index (χ2n) is 5.09. The van der Waals surface area contributed by atoms with E-state index >= 15 is 0 Å². The maximum atomic E-state index is 9.50. The SMILES string of the molecule is O[C@H](CCl)Cc1ccc(C2CCCCC2)cc1. The Morgan fingerprint density at radius 2 is 1.76 bits per heavy atom. The highest BCUT2D eigenvalue weighted by Gasteiger charge is 2.15. The van der Waals surface area contributed by atoms with Crippen LogP contribution in [0.5, 0.6) is 0 Å². The Balaban J connectivity index is 1.97. The van der Waals surface area contributed by atoms with Crippen LogP contribution in [-0.4, -0.2) is 17.1 Å². The molecule has 17 heavy (non-hydrogen) atoms. The minimum Gasteiger partial charge on any atom is -0.392 e.